The van der Waals surface area contributed by atoms with Crippen LogP contribution in [-0.2, 0) is 0 Å². The average Bonchev–Trinajstić information content (AvgIpc) is 3.20. The number of nitrogens with zero attached hydrogens (tertiary/aromatic N) is 3. The van der Waals surface area contributed by atoms with Gasteiger partial charge in [0.25, 0.3) is 0 Å². The molecular formula is C47H29N3. The average molecular weight is 636 g/mol. The highest BCUT2D eigenvalue weighted by molar-refractivity contribution is 6.37. The second kappa shape index (κ2) is 11.5. The minimum atomic E-state index is 0.691. The Morgan fingerprint density at radius 1 is 0.300 bits per heavy atom. The van der Waals surface area contributed by atoms with Crippen LogP contribution < -0.4 is 0 Å². The molecular weight excluding hydrogens is 607 g/mol. The van der Waals surface area contributed by atoms with Gasteiger partial charge in [-0.25, -0.2) is 15.0 Å². The lowest BCUT2D eigenvalue weighted by molar-refractivity contribution is 1.18. The number of fused-ring (bicyclic) bond motifs is 10. The van der Waals surface area contributed by atoms with Gasteiger partial charge in [0.15, 0.2) is 5.82 Å². The molecule has 0 N–H and O–H groups in total. The van der Waals surface area contributed by atoms with Crippen LogP contribution in [-0.4, -0.2) is 15.0 Å². The van der Waals surface area contributed by atoms with Gasteiger partial charge in [-0.15, -0.1) is 0 Å². The van der Waals surface area contributed by atoms with Crippen molar-refractivity contribution in [2.75, 3.05) is 0 Å². The number of pyridine rings is 1. The number of aromatic nitrogens is 3. The summed E-state index contributed by atoms with van der Waals surface area (Å²) in [7, 11) is 0. The molecule has 0 radical (unpaired) electrons. The molecule has 10 aromatic rings. The molecule has 0 spiro atoms. The smallest absolute Gasteiger partial charge is 0.160 e. The maximum Gasteiger partial charge on any atom is 0.160 e. The topological polar surface area (TPSA) is 38.7 Å². The van der Waals surface area contributed by atoms with Gasteiger partial charge in [0.05, 0.1) is 22.6 Å². The van der Waals surface area contributed by atoms with Gasteiger partial charge in [-0.1, -0.05) is 164 Å². The van der Waals surface area contributed by atoms with E-state index < -0.39 is 0 Å². The summed E-state index contributed by atoms with van der Waals surface area (Å²) >= 11 is 0. The van der Waals surface area contributed by atoms with E-state index >= 15 is 0 Å². The van der Waals surface area contributed by atoms with Crippen molar-refractivity contribution in [3.8, 4) is 45.2 Å². The highest BCUT2D eigenvalue weighted by Crippen LogP contribution is 2.44. The molecule has 0 saturated heterocycles. The Balaban J connectivity index is 1.21. The predicted molar refractivity (Wildman–Crippen MR) is 209 cm³/mol. The third kappa shape index (κ3) is 4.56. The summed E-state index contributed by atoms with van der Waals surface area (Å²) in [6, 6.07) is 61.9. The zero-order valence-corrected chi connectivity index (χ0v) is 27.1. The van der Waals surface area contributed by atoms with E-state index in [1.807, 2.05) is 36.4 Å². The van der Waals surface area contributed by atoms with Crippen molar-refractivity contribution in [1.29, 1.82) is 0 Å². The van der Waals surface area contributed by atoms with Crippen LogP contribution in [0.1, 0.15) is 0 Å². The number of hydrogen-bond donors (Lipinski definition) is 0. The summed E-state index contributed by atoms with van der Waals surface area (Å²) in [6.07, 6.45) is 0. The first-order valence-corrected chi connectivity index (χ1v) is 17.0. The Labute approximate surface area is 289 Å². The Hall–Kier alpha value is -6.71. The van der Waals surface area contributed by atoms with Crippen molar-refractivity contribution in [1.82, 2.24) is 15.0 Å². The fourth-order valence-electron chi connectivity index (χ4n) is 7.52. The van der Waals surface area contributed by atoms with Crippen LogP contribution in [0.3, 0.4) is 0 Å². The summed E-state index contributed by atoms with van der Waals surface area (Å²) in [6.45, 7) is 0. The number of hydrogen-bond acceptors (Lipinski definition) is 3. The van der Waals surface area contributed by atoms with Crippen LogP contribution in [0.5, 0.6) is 0 Å². The lowest BCUT2D eigenvalue weighted by Crippen LogP contribution is -1.96. The maximum atomic E-state index is 5.37. The van der Waals surface area contributed by atoms with Crippen LogP contribution in [0, 0.1) is 0 Å². The van der Waals surface area contributed by atoms with Crippen LogP contribution in [0.4, 0.5) is 0 Å². The number of rotatable bonds is 4. The van der Waals surface area contributed by atoms with Crippen LogP contribution >= 0.6 is 0 Å². The lowest BCUT2D eigenvalue weighted by Gasteiger charge is -2.17. The highest BCUT2D eigenvalue weighted by atomic mass is 14.9. The summed E-state index contributed by atoms with van der Waals surface area (Å²) in [5.74, 6) is 0.691. The van der Waals surface area contributed by atoms with E-state index in [0.29, 0.717) is 5.82 Å². The van der Waals surface area contributed by atoms with Gasteiger partial charge in [-0.2, -0.15) is 0 Å². The van der Waals surface area contributed by atoms with Crippen molar-refractivity contribution in [2.45, 2.75) is 0 Å². The van der Waals surface area contributed by atoms with Gasteiger partial charge in [-0.3, -0.25) is 0 Å². The third-order valence-corrected chi connectivity index (χ3v) is 9.84. The molecule has 10 rings (SSSR count). The molecule has 0 amide bonds. The first-order chi connectivity index (χ1) is 24.8. The molecule has 0 aliphatic rings. The molecule has 0 fully saturated rings. The van der Waals surface area contributed by atoms with Gasteiger partial charge < -0.3 is 0 Å². The second-order valence-corrected chi connectivity index (χ2v) is 12.8. The first kappa shape index (κ1) is 28.3. The van der Waals surface area contributed by atoms with E-state index in [0.717, 1.165) is 50.2 Å². The zero-order chi connectivity index (χ0) is 33.0. The highest BCUT2D eigenvalue weighted by Gasteiger charge is 2.19. The molecule has 2 aromatic heterocycles. The van der Waals surface area contributed by atoms with E-state index in [1.165, 1.54) is 43.1 Å². The van der Waals surface area contributed by atoms with Gasteiger partial charge >= 0.3 is 0 Å². The molecule has 0 saturated carbocycles. The molecule has 0 atom stereocenters. The third-order valence-electron chi connectivity index (χ3n) is 9.84. The quantitative estimate of drug-likeness (QED) is 0.181. The molecule has 2 heterocycles. The number of para-hydroxylation sites is 1. The fourth-order valence-corrected chi connectivity index (χ4v) is 7.52. The minimum absolute atomic E-state index is 0.691. The monoisotopic (exact) mass is 635 g/mol. The van der Waals surface area contributed by atoms with Crippen molar-refractivity contribution < 1.29 is 0 Å². The summed E-state index contributed by atoms with van der Waals surface area (Å²) in [5, 5.41) is 11.0. The molecule has 0 aliphatic heterocycles. The normalized spacial score (nSPS) is 11.6. The number of benzene rings is 8. The van der Waals surface area contributed by atoms with Crippen molar-refractivity contribution in [2.24, 2.45) is 0 Å². The minimum Gasteiger partial charge on any atom is -0.247 e. The SMILES string of the molecule is c1ccc(-c2cc(-c3ccccc3)nc(-c3ccc(-c4nc5ccccc5c5c6ccc7ccccc7c6c6ccccc6c45)cc3)n2)cc1. The molecule has 232 valence electrons. The standard InChI is InChI=1S/C47H29N3/c1-3-14-31(15-4-1)41-29-42(32-16-5-2-6-17-32)50-47(49-41)34-25-23-33(24-26-34)46-45-37-20-10-9-19-36(37)43-35-18-8-7-13-30(35)27-28-39(43)44(45)38-21-11-12-22-40(38)48-46/h1-29H. The lowest BCUT2D eigenvalue weighted by atomic mass is 9.88. The molecule has 50 heavy (non-hydrogen) atoms. The molecule has 0 unspecified atom stereocenters. The molecule has 0 aliphatic carbocycles. The molecule has 3 heteroatoms. The Kier molecular flexibility index (Phi) is 6.49. The van der Waals surface area contributed by atoms with E-state index in [9.17, 15) is 0 Å². The Morgan fingerprint density at radius 2 is 0.840 bits per heavy atom. The second-order valence-electron chi connectivity index (χ2n) is 12.8. The van der Waals surface area contributed by atoms with Crippen molar-refractivity contribution >= 4 is 54.0 Å². The van der Waals surface area contributed by atoms with Crippen molar-refractivity contribution in [3.63, 3.8) is 0 Å². The molecule has 8 aromatic carbocycles. The van der Waals surface area contributed by atoms with Crippen LogP contribution in [0.15, 0.2) is 176 Å². The first-order valence-electron chi connectivity index (χ1n) is 17.0. The molecule has 3 nitrogen and oxygen atoms in total. The molecule has 0 bridgehead atoms. The van der Waals surface area contributed by atoms with Crippen molar-refractivity contribution in [3.05, 3.63) is 176 Å². The maximum absolute atomic E-state index is 5.37. The largest absolute Gasteiger partial charge is 0.247 e. The Bertz CT molecular complexity index is 2840. The van der Waals surface area contributed by atoms with Gasteiger partial charge in [0, 0.05) is 38.4 Å². The van der Waals surface area contributed by atoms with Crippen LogP contribution in [0.25, 0.3) is 99.2 Å². The fraction of sp³-hybridized carbons (Fsp3) is 0. The Morgan fingerprint density at radius 3 is 1.52 bits per heavy atom. The van der Waals surface area contributed by atoms with E-state index in [1.54, 1.807) is 0 Å². The van der Waals surface area contributed by atoms with E-state index in [4.69, 9.17) is 15.0 Å². The van der Waals surface area contributed by atoms with Gasteiger partial charge in [-0.05, 0) is 44.5 Å². The van der Waals surface area contributed by atoms with Gasteiger partial charge in [0.2, 0.25) is 0 Å². The predicted octanol–water partition coefficient (Wildman–Crippen LogP) is 12.3. The van der Waals surface area contributed by atoms with Crippen LogP contribution in [0.2, 0.25) is 0 Å². The zero-order valence-electron chi connectivity index (χ0n) is 27.1. The van der Waals surface area contributed by atoms with E-state index in [2.05, 4.69) is 140 Å². The summed E-state index contributed by atoms with van der Waals surface area (Å²) in [4.78, 5) is 15.5. The van der Waals surface area contributed by atoms with E-state index in [-0.39, 0.29) is 0 Å². The van der Waals surface area contributed by atoms with Gasteiger partial charge in [0.1, 0.15) is 0 Å². The summed E-state index contributed by atoms with van der Waals surface area (Å²) < 4.78 is 0. The summed E-state index contributed by atoms with van der Waals surface area (Å²) in [5.41, 5.74) is 7.87.